The molecule has 0 aromatic rings. The summed E-state index contributed by atoms with van der Waals surface area (Å²) < 4.78 is 16.6. The number of carbonyl (C=O) groups is 3. The van der Waals surface area contributed by atoms with Crippen LogP contribution in [-0.4, -0.2) is 37.2 Å². The van der Waals surface area contributed by atoms with E-state index < -0.39 is 6.10 Å². The molecule has 0 saturated heterocycles. The Balaban J connectivity index is 4.27. The molecule has 0 spiro atoms. The maximum atomic E-state index is 12.6. The van der Waals surface area contributed by atoms with Gasteiger partial charge in [0.15, 0.2) is 6.10 Å². The van der Waals surface area contributed by atoms with Crippen molar-refractivity contribution in [3.63, 3.8) is 0 Å². The van der Waals surface area contributed by atoms with Crippen molar-refractivity contribution in [1.29, 1.82) is 0 Å². The fourth-order valence-electron chi connectivity index (χ4n) is 6.50. The van der Waals surface area contributed by atoms with E-state index >= 15 is 0 Å². The summed E-state index contributed by atoms with van der Waals surface area (Å²) in [4.78, 5) is 37.5. The minimum absolute atomic E-state index is 0.0632. The molecule has 0 aliphatic rings. The lowest BCUT2D eigenvalue weighted by Crippen LogP contribution is -2.30. The lowest BCUT2D eigenvalue weighted by molar-refractivity contribution is -0.167. The Morgan fingerprint density at radius 3 is 0.800 bits per heavy atom. The molecule has 296 valence electrons. The molecule has 0 aromatic carbocycles. The Hall–Kier alpha value is -1.59. The van der Waals surface area contributed by atoms with Gasteiger partial charge >= 0.3 is 17.9 Å². The van der Waals surface area contributed by atoms with Crippen LogP contribution >= 0.6 is 0 Å². The number of rotatable bonds is 40. The fraction of sp³-hybridized carbons (Fsp3) is 0.932. The van der Waals surface area contributed by atoms with E-state index in [0.29, 0.717) is 19.3 Å². The molecule has 0 saturated carbocycles. The van der Waals surface area contributed by atoms with Gasteiger partial charge in [0.25, 0.3) is 0 Å². The summed E-state index contributed by atoms with van der Waals surface area (Å²) >= 11 is 0. The van der Waals surface area contributed by atoms with E-state index in [1.807, 2.05) is 0 Å². The minimum Gasteiger partial charge on any atom is -0.462 e. The zero-order chi connectivity index (χ0) is 36.6. The molecule has 0 N–H and O–H groups in total. The summed E-state index contributed by atoms with van der Waals surface area (Å²) in [7, 11) is 0. The lowest BCUT2D eigenvalue weighted by atomic mass is 10.0. The van der Waals surface area contributed by atoms with Gasteiger partial charge in [-0.1, -0.05) is 207 Å². The molecule has 6 heteroatoms. The molecule has 0 heterocycles. The number of hydrogen-bond acceptors (Lipinski definition) is 6. The van der Waals surface area contributed by atoms with Gasteiger partial charge in [-0.05, 0) is 19.3 Å². The van der Waals surface area contributed by atoms with Crippen LogP contribution in [0.25, 0.3) is 0 Å². The predicted molar refractivity (Wildman–Crippen MR) is 210 cm³/mol. The average molecular weight is 709 g/mol. The van der Waals surface area contributed by atoms with Crippen molar-refractivity contribution in [2.24, 2.45) is 0 Å². The first-order valence-corrected chi connectivity index (χ1v) is 22.0. The van der Waals surface area contributed by atoms with Crippen molar-refractivity contribution in [3.8, 4) is 0 Å². The Kier molecular flexibility index (Phi) is 38.9. The van der Waals surface area contributed by atoms with Gasteiger partial charge in [-0.25, -0.2) is 0 Å². The van der Waals surface area contributed by atoms with E-state index in [2.05, 4.69) is 20.8 Å². The van der Waals surface area contributed by atoms with Crippen molar-refractivity contribution in [1.82, 2.24) is 0 Å². The molecule has 0 amide bonds. The van der Waals surface area contributed by atoms with Crippen molar-refractivity contribution in [2.75, 3.05) is 13.2 Å². The van der Waals surface area contributed by atoms with Crippen molar-refractivity contribution >= 4 is 17.9 Å². The molecular weight excluding hydrogens is 624 g/mol. The summed E-state index contributed by atoms with van der Waals surface area (Å²) in [6.07, 6.45) is 39.4. The number of unbranched alkanes of at least 4 members (excludes halogenated alkanes) is 29. The van der Waals surface area contributed by atoms with Crippen LogP contribution in [0.15, 0.2) is 0 Å². The normalized spacial score (nSPS) is 11.8. The number of hydrogen-bond donors (Lipinski definition) is 0. The van der Waals surface area contributed by atoms with E-state index in [9.17, 15) is 14.4 Å². The third-order valence-electron chi connectivity index (χ3n) is 9.86. The third-order valence-corrected chi connectivity index (χ3v) is 9.86. The second-order valence-corrected chi connectivity index (χ2v) is 15.0. The molecule has 0 rings (SSSR count). The summed E-state index contributed by atoms with van der Waals surface area (Å²) in [5.74, 6) is -0.859. The van der Waals surface area contributed by atoms with Gasteiger partial charge < -0.3 is 14.2 Å². The summed E-state index contributed by atoms with van der Waals surface area (Å²) in [5, 5.41) is 0. The molecule has 0 aromatic heterocycles. The van der Waals surface area contributed by atoms with Gasteiger partial charge in [-0.15, -0.1) is 0 Å². The molecule has 1 unspecified atom stereocenters. The highest BCUT2D eigenvalue weighted by Crippen LogP contribution is 2.15. The first-order chi connectivity index (χ1) is 24.5. The maximum absolute atomic E-state index is 12.6. The largest absolute Gasteiger partial charge is 0.462 e. The molecule has 0 aliphatic carbocycles. The van der Waals surface area contributed by atoms with Crippen LogP contribution < -0.4 is 0 Å². The summed E-state index contributed by atoms with van der Waals surface area (Å²) in [5.41, 5.74) is 0. The molecule has 0 aliphatic heterocycles. The maximum Gasteiger partial charge on any atom is 0.306 e. The second kappa shape index (κ2) is 40.2. The second-order valence-electron chi connectivity index (χ2n) is 15.0. The Morgan fingerprint density at radius 2 is 0.540 bits per heavy atom. The molecule has 0 radical (unpaired) electrons. The first-order valence-electron chi connectivity index (χ1n) is 22.0. The minimum atomic E-state index is -0.756. The van der Waals surface area contributed by atoms with Gasteiger partial charge in [-0.3, -0.25) is 14.4 Å². The lowest BCUT2D eigenvalue weighted by Gasteiger charge is -2.18. The molecule has 50 heavy (non-hydrogen) atoms. The highest BCUT2D eigenvalue weighted by molar-refractivity contribution is 5.71. The standard InChI is InChI=1S/C44H84O6/c1-4-7-10-13-16-19-21-22-23-24-26-28-31-34-37-43(46)49-40-41(39-48-42(45)36-33-30-27-18-15-12-9-6-3)50-44(47)38-35-32-29-25-20-17-14-11-8-5-2/h41H,4-40H2,1-3H3. The van der Waals surface area contributed by atoms with Crippen molar-refractivity contribution in [2.45, 2.75) is 252 Å². The van der Waals surface area contributed by atoms with Gasteiger partial charge in [0.05, 0.1) is 0 Å². The van der Waals surface area contributed by atoms with E-state index in [-0.39, 0.29) is 31.1 Å². The zero-order valence-electron chi connectivity index (χ0n) is 33.7. The molecule has 1 atom stereocenters. The van der Waals surface area contributed by atoms with Crippen LogP contribution in [0.3, 0.4) is 0 Å². The fourth-order valence-corrected chi connectivity index (χ4v) is 6.50. The number of ether oxygens (including phenoxy) is 3. The van der Waals surface area contributed by atoms with Crippen LogP contribution in [0.2, 0.25) is 0 Å². The van der Waals surface area contributed by atoms with E-state index in [4.69, 9.17) is 14.2 Å². The van der Waals surface area contributed by atoms with Crippen LogP contribution in [0.4, 0.5) is 0 Å². The Bertz CT molecular complexity index is 738. The highest BCUT2D eigenvalue weighted by atomic mass is 16.6. The molecular formula is C44H84O6. The zero-order valence-corrected chi connectivity index (χ0v) is 33.7. The molecule has 6 nitrogen and oxygen atoms in total. The first kappa shape index (κ1) is 48.4. The summed E-state index contributed by atoms with van der Waals surface area (Å²) in [6, 6.07) is 0. The SMILES string of the molecule is CCCCCCCCCCCCCCCCC(=O)OCC(COC(=O)CCCCCCCCCC)OC(=O)CCCCCCCCCCCC. The van der Waals surface area contributed by atoms with Gasteiger partial charge in [0.2, 0.25) is 0 Å². The highest BCUT2D eigenvalue weighted by Gasteiger charge is 2.19. The van der Waals surface area contributed by atoms with Crippen molar-refractivity contribution < 1.29 is 28.6 Å². The Labute approximate surface area is 310 Å². The predicted octanol–water partition coefficient (Wildman–Crippen LogP) is 13.7. The molecule has 0 fully saturated rings. The van der Waals surface area contributed by atoms with E-state index in [0.717, 1.165) is 57.8 Å². The van der Waals surface area contributed by atoms with E-state index in [1.54, 1.807) is 0 Å². The van der Waals surface area contributed by atoms with Crippen LogP contribution in [0, 0.1) is 0 Å². The quantitative estimate of drug-likeness (QED) is 0.0358. The van der Waals surface area contributed by atoms with Crippen LogP contribution in [0.1, 0.15) is 245 Å². The average Bonchev–Trinajstić information content (AvgIpc) is 3.11. The van der Waals surface area contributed by atoms with Crippen molar-refractivity contribution in [3.05, 3.63) is 0 Å². The number of esters is 3. The monoisotopic (exact) mass is 709 g/mol. The van der Waals surface area contributed by atoms with Gasteiger partial charge in [-0.2, -0.15) is 0 Å². The van der Waals surface area contributed by atoms with Gasteiger partial charge in [0.1, 0.15) is 13.2 Å². The van der Waals surface area contributed by atoms with E-state index in [1.165, 1.54) is 148 Å². The smallest absolute Gasteiger partial charge is 0.306 e. The third kappa shape index (κ3) is 37.7. The topological polar surface area (TPSA) is 78.9 Å². The van der Waals surface area contributed by atoms with Crippen LogP contribution in [0.5, 0.6) is 0 Å². The number of carbonyl (C=O) groups excluding carboxylic acids is 3. The Morgan fingerprint density at radius 1 is 0.320 bits per heavy atom. The summed E-state index contributed by atoms with van der Waals surface area (Å²) in [6.45, 7) is 6.61. The van der Waals surface area contributed by atoms with Crippen LogP contribution in [-0.2, 0) is 28.6 Å². The molecule has 0 bridgehead atoms. The van der Waals surface area contributed by atoms with Gasteiger partial charge in [0, 0.05) is 19.3 Å².